The highest BCUT2D eigenvalue weighted by molar-refractivity contribution is 5.80. The Morgan fingerprint density at radius 3 is 2.21 bits per heavy atom. The fraction of sp³-hybridized carbons (Fsp3) is 0.800. The van der Waals surface area contributed by atoms with E-state index in [4.69, 9.17) is 9.84 Å². The van der Waals surface area contributed by atoms with Crippen LogP contribution in [0.5, 0.6) is 0 Å². The molecule has 0 saturated heterocycles. The number of carbonyl (C=O) groups is 2. The highest BCUT2D eigenvalue weighted by Crippen LogP contribution is 2.17. The van der Waals surface area contributed by atoms with E-state index >= 15 is 0 Å². The van der Waals surface area contributed by atoms with Crippen LogP contribution in [0.15, 0.2) is 0 Å². The molecule has 112 valence electrons. The molecule has 19 heavy (non-hydrogen) atoms. The van der Waals surface area contributed by atoms with Crippen molar-refractivity contribution in [3.63, 3.8) is 0 Å². The number of ether oxygens (including phenoxy) is 1. The molecule has 0 aliphatic rings. The molecular weight excluding hydrogens is 269 g/mol. The topological polar surface area (TPSA) is 70.1 Å². The number of nitrogens with zero attached hydrogens (tertiary/aromatic N) is 2. The fourth-order valence-electron chi connectivity index (χ4n) is 1.34. The van der Waals surface area contributed by atoms with Gasteiger partial charge in [-0.3, -0.25) is 4.79 Å². The first-order chi connectivity index (χ1) is 8.71. The molecule has 0 spiro atoms. The highest BCUT2D eigenvalue weighted by atomic mass is 19.4. The molecule has 0 saturated carbocycles. The van der Waals surface area contributed by atoms with E-state index in [1.807, 2.05) is 0 Å². The molecule has 1 N–H and O–H groups in total. The van der Waals surface area contributed by atoms with E-state index in [9.17, 15) is 22.8 Å². The normalized spacial score (nSPS) is 11.2. The second kappa shape index (κ2) is 7.82. The molecule has 0 aromatic carbocycles. The van der Waals surface area contributed by atoms with E-state index in [-0.39, 0.29) is 19.7 Å². The van der Waals surface area contributed by atoms with Crippen LogP contribution in [0.1, 0.15) is 6.92 Å². The van der Waals surface area contributed by atoms with Crippen molar-refractivity contribution >= 4 is 12.0 Å². The Labute approximate surface area is 108 Å². The summed E-state index contributed by atoms with van der Waals surface area (Å²) in [5.41, 5.74) is 0. The average Bonchev–Trinajstić information content (AvgIpc) is 2.29. The number of alkyl halides is 3. The Hall–Kier alpha value is -1.51. The second-order valence-electron chi connectivity index (χ2n) is 3.72. The lowest BCUT2D eigenvalue weighted by molar-refractivity contribution is -0.141. The lowest BCUT2D eigenvalue weighted by Crippen LogP contribution is -2.49. The second-order valence-corrected chi connectivity index (χ2v) is 3.72. The number of rotatable bonds is 7. The summed E-state index contributed by atoms with van der Waals surface area (Å²) in [4.78, 5) is 23.8. The quantitative estimate of drug-likeness (QED) is 0.758. The predicted octanol–water partition coefficient (Wildman–Crippen LogP) is 1.02. The van der Waals surface area contributed by atoms with Gasteiger partial charge < -0.3 is 19.6 Å². The van der Waals surface area contributed by atoms with Gasteiger partial charge in [-0.15, -0.1) is 0 Å². The summed E-state index contributed by atoms with van der Waals surface area (Å²) in [7, 11) is 1.34. The molecule has 0 radical (unpaired) electrons. The van der Waals surface area contributed by atoms with Gasteiger partial charge in [0.2, 0.25) is 0 Å². The van der Waals surface area contributed by atoms with Crippen LogP contribution < -0.4 is 0 Å². The molecule has 6 nitrogen and oxygen atoms in total. The summed E-state index contributed by atoms with van der Waals surface area (Å²) in [5.74, 6) is -1.30. The van der Waals surface area contributed by atoms with Gasteiger partial charge in [-0.2, -0.15) is 13.2 Å². The standard InChI is InChI=1S/C10H17F3N2O4/c1-3-14(7-10(11,12)13)9(18)15(4-5-19-2)6-8(16)17/h3-7H2,1-2H3,(H,16,17). The SMILES string of the molecule is CCN(CC(F)(F)F)C(=O)N(CCOC)CC(=O)O. The Kier molecular flexibility index (Phi) is 7.20. The first kappa shape index (κ1) is 17.5. The predicted molar refractivity (Wildman–Crippen MR) is 59.8 cm³/mol. The number of carbonyl (C=O) groups excluding carboxylic acids is 1. The zero-order chi connectivity index (χ0) is 15.1. The Balaban J connectivity index is 4.76. The third kappa shape index (κ3) is 7.50. The zero-order valence-electron chi connectivity index (χ0n) is 10.7. The number of hydrogen-bond acceptors (Lipinski definition) is 3. The first-order valence-electron chi connectivity index (χ1n) is 5.52. The van der Waals surface area contributed by atoms with E-state index in [0.717, 1.165) is 4.90 Å². The van der Waals surface area contributed by atoms with Crippen molar-refractivity contribution in [2.45, 2.75) is 13.1 Å². The minimum absolute atomic E-state index is 0.0442. The molecule has 0 bridgehead atoms. The molecule has 0 unspecified atom stereocenters. The maximum atomic E-state index is 12.3. The maximum absolute atomic E-state index is 12.3. The van der Waals surface area contributed by atoms with Crippen molar-refractivity contribution in [3.8, 4) is 0 Å². The van der Waals surface area contributed by atoms with Gasteiger partial charge in [-0.05, 0) is 6.92 Å². The largest absolute Gasteiger partial charge is 0.480 e. The molecule has 0 fully saturated rings. The van der Waals surface area contributed by atoms with Crippen LogP contribution >= 0.6 is 0 Å². The van der Waals surface area contributed by atoms with Gasteiger partial charge >= 0.3 is 18.2 Å². The molecule has 0 aliphatic heterocycles. The van der Waals surface area contributed by atoms with Gasteiger partial charge in [0, 0.05) is 20.2 Å². The van der Waals surface area contributed by atoms with Gasteiger partial charge in [0.25, 0.3) is 0 Å². The van der Waals surface area contributed by atoms with Gasteiger partial charge in [0.15, 0.2) is 0 Å². The third-order valence-corrected chi connectivity index (χ3v) is 2.18. The number of halogens is 3. The van der Waals surface area contributed by atoms with E-state index in [1.165, 1.54) is 14.0 Å². The van der Waals surface area contributed by atoms with Gasteiger partial charge in [0.1, 0.15) is 13.1 Å². The van der Waals surface area contributed by atoms with E-state index in [0.29, 0.717) is 4.90 Å². The van der Waals surface area contributed by atoms with Crippen LogP contribution in [0, 0.1) is 0 Å². The van der Waals surface area contributed by atoms with Gasteiger partial charge in [-0.1, -0.05) is 0 Å². The van der Waals surface area contributed by atoms with E-state index < -0.39 is 31.3 Å². The lowest BCUT2D eigenvalue weighted by atomic mass is 10.4. The van der Waals surface area contributed by atoms with Crippen LogP contribution in [0.2, 0.25) is 0 Å². The van der Waals surface area contributed by atoms with Gasteiger partial charge in [-0.25, -0.2) is 4.79 Å². The third-order valence-electron chi connectivity index (χ3n) is 2.18. The average molecular weight is 286 g/mol. The number of methoxy groups -OCH3 is 1. The number of carboxylic acid groups (broad SMARTS) is 1. The fourth-order valence-corrected chi connectivity index (χ4v) is 1.34. The molecule has 2 amide bonds. The van der Waals surface area contributed by atoms with Crippen molar-refractivity contribution in [1.82, 2.24) is 9.80 Å². The molecule has 9 heteroatoms. The number of urea groups is 1. The minimum Gasteiger partial charge on any atom is -0.480 e. The molecule has 0 rings (SSSR count). The van der Waals surface area contributed by atoms with Crippen LogP contribution in [-0.2, 0) is 9.53 Å². The van der Waals surface area contributed by atoms with E-state index in [2.05, 4.69) is 0 Å². The summed E-state index contributed by atoms with van der Waals surface area (Å²) in [6.45, 7) is -0.902. The first-order valence-corrected chi connectivity index (χ1v) is 5.52. The Morgan fingerprint density at radius 1 is 1.26 bits per heavy atom. The summed E-state index contributed by atoms with van der Waals surface area (Å²) in [5, 5.41) is 8.64. The minimum atomic E-state index is -4.53. The summed E-state index contributed by atoms with van der Waals surface area (Å²) in [6.07, 6.45) is -4.53. The highest BCUT2D eigenvalue weighted by Gasteiger charge is 2.34. The molecule has 0 aromatic rings. The summed E-state index contributed by atoms with van der Waals surface area (Å²) in [6, 6.07) is -0.973. The number of aliphatic carboxylic acids is 1. The van der Waals surface area contributed by atoms with E-state index in [1.54, 1.807) is 0 Å². The van der Waals surface area contributed by atoms with Crippen molar-refractivity contribution in [2.24, 2.45) is 0 Å². The van der Waals surface area contributed by atoms with Crippen molar-refractivity contribution in [3.05, 3.63) is 0 Å². The monoisotopic (exact) mass is 286 g/mol. The number of amides is 2. The molecule has 0 aromatic heterocycles. The molecule has 0 heterocycles. The molecule has 0 atom stereocenters. The van der Waals surface area contributed by atoms with Crippen LogP contribution in [0.4, 0.5) is 18.0 Å². The maximum Gasteiger partial charge on any atom is 0.406 e. The van der Waals surface area contributed by atoms with Crippen LogP contribution in [0.3, 0.4) is 0 Å². The summed E-state index contributed by atoms with van der Waals surface area (Å²) >= 11 is 0. The number of hydrogen-bond donors (Lipinski definition) is 1. The Morgan fingerprint density at radius 2 is 1.84 bits per heavy atom. The van der Waals surface area contributed by atoms with Crippen LogP contribution in [-0.4, -0.2) is 73.0 Å². The Bertz CT molecular complexity index is 310. The van der Waals surface area contributed by atoms with Crippen molar-refractivity contribution in [2.75, 3.05) is 39.9 Å². The van der Waals surface area contributed by atoms with Crippen LogP contribution in [0.25, 0.3) is 0 Å². The number of carboxylic acids is 1. The molecular formula is C10H17F3N2O4. The lowest BCUT2D eigenvalue weighted by Gasteiger charge is -2.29. The smallest absolute Gasteiger partial charge is 0.406 e. The molecule has 0 aliphatic carbocycles. The van der Waals surface area contributed by atoms with Crippen molar-refractivity contribution < 1.29 is 32.6 Å². The van der Waals surface area contributed by atoms with Gasteiger partial charge in [0.05, 0.1) is 6.61 Å². The van der Waals surface area contributed by atoms with Crippen molar-refractivity contribution in [1.29, 1.82) is 0 Å². The zero-order valence-corrected chi connectivity index (χ0v) is 10.7. The summed E-state index contributed by atoms with van der Waals surface area (Å²) < 4.78 is 41.5.